The fourth-order valence-electron chi connectivity index (χ4n) is 3.63. The van der Waals surface area contributed by atoms with Gasteiger partial charge < -0.3 is 15.2 Å². The number of hydrogen-bond acceptors (Lipinski definition) is 7. The maximum Gasteiger partial charge on any atom is 0.296 e. The second-order valence-electron chi connectivity index (χ2n) is 7.83. The van der Waals surface area contributed by atoms with Gasteiger partial charge in [-0.25, -0.2) is 0 Å². The molecule has 0 heterocycles. The molecule has 4 aromatic carbocycles. The van der Waals surface area contributed by atoms with Crippen LogP contribution in [0, 0.1) is 6.92 Å². The van der Waals surface area contributed by atoms with Gasteiger partial charge in [0.05, 0.1) is 22.7 Å². The smallest absolute Gasteiger partial charge is 0.296 e. The minimum atomic E-state index is -4.61. The number of para-hydroxylation sites is 1. The van der Waals surface area contributed by atoms with Gasteiger partial charge in [0, 0.05) is 5.39 Å². The third kappa shape index (κ3) is 5.23. The second kappa shape index (κ2) is 10.3. The van der Waals surface area contributed by atoms with E-state index >= 15 is 0 Å². The van der Waals surface area contributed by atoms with Crippen LogP contribution >= 0.6 is 23.2 Å². The molecule has 0 aromatic heterocycles. The Labute approximate surface area is 222 Å². The summed E-state index contributed by atoms with van der Waals surface area (Å²) in [4.78, 5) is 12.7. The summed E-state index contributed by atoms with van der Waals surface area (Å²) in [6.07, 6.45) is 0. The van der Waals surface area contributed by atoms with E-state index in [4.69, 9.17) is 27.9 Å². The number of anilines is 1. The highest BCUT2D eigenvalue weighted by molar-refractivity contribution is 7.86. The molecule has 0 radical (unpaired) electrons. The van der Waals surface area contributed by atoms with Gasteiger partial charge in [-0.3, -0.25) is 9.35 Å². The number of carbonyl (C=O) groups excluding carboxylic acids is 1. The summed E-state index contributed by atoms with van der Waals surface area (Å²) in [5.41, 5.74) is 0.476. The Kier molecular flexibility index (Phi) is 7.37. The summed E-state index contributed by atoms with van der Waals surface area (Å²) in [6.45, 7) is 1.62. The largest absolute Gasteiger partial charge is 0.505 e. The van der Waals surface area contributed by atoms with E-state index in [-0.39, 0.29) is 32.7 Å². The molecule has 0 aliphatic carbocycles. The highest BCUT2D eigenvalue weighted by Gasteiger charge is 2.22. The molecule has 0 saturated carbocycles. The van der Waals surface area contributed by atoms with Crippen molar-refractivity contribution in [3.05, 3.63) is 81.8 Å². The van der Waals surface area contributed by atoms with Gasteiger partial charge in [0.15, 0.2) is 5.75 Å². The number of benzene rings is 4. The number of phenols is 1. The lowest BCUT2D eigenvalue weighted by molar-refractivity contribution is 0.102. The van der Waals surface area contributed by atoms with Crippen molar-refractivity contribution in [2.75, 3.05) is 12.4 Å². The highest BCUT2D eigenvalue weighted by atomic mass is 35.5. The van der Waals surface area contributed by atoms with Crippen LogP contribution in [-0.2, 0) is 10.1 Å². The van der Waals surface area contributed by atoms with Crippen molar-refractivity contribution in [1.29, 1.82) is 0 Å². The van der Waals surface area contributed by atoms with Crippen LogP contribution in [0.3, 0.4) is 0 Å². The summed E-state index contributed by atoms with van der Waals surface area (Å²) >= 11 is 12.4. The number of aryl methyl sites for hydroxylation is 1. The van der Waals surface area contributed by atoms with Crippen LogP contribution in [0.25, 0.3) is 10.8 Å². The van der Waals surface area contributed by atoms with Crippen molar-refractivity contribution < 1.29 is 27.6 Å². The first-order valence-corrected chi connectivity index (χ1v) is 12.8. The normalized spacial score (nSPS) is 11.7. The van der Waals surface area contributed by atoms with Crippen LogP contribution in [0.2, 0.25) is 10.0 Å². The van der Waals surface area contributed by atoms with E-state index in [1.807, 2.05) is 0 Å². The first kappa shape index (κ1) is 26.4. The number of nitrogens with zero attached hydrogens (tertiary/aromatic N) is 2. The van der Waals surface area contributed by atoms with Gasteiger partial charge in [-0.05, 0) is 42.1 Å². The maximum atomic E-state index is 13.2. The highest BCUT2D eigenvalue weighted by Crippen LogP contribution is 2.42. The topological polar surface area (TPSA) is 138 Å². The number of azo groups is 1. The van der Waals surface area contributed by atoms with Crippen molar-refractivity contribution >= 4 is 67.1 Å². The van der Waals surface area contributed by atoms with Crippen molar-refractivity contribution in [1.82, 2.24) is 0 Å². The fourth-order valence-corrected chi connectivity index (χ4v) is 4.95. The number of amides is 1. The van der Waals surface area contributed by atoms with Gasteiger partial charge in [0.25, 0.3) is 16.0 Å². The van der Waals surface area contributed by atoms with Gasteiger partial charge in [-0.15, -0.1) is 10.2 Å². The number of phenolic OH excluding ortho intramolecular Hbond substituents is 1. The van der Waals surface area contributed by atoms with Crippen molar-refractivity contribution in [3.63, 3.8) is 0 Å². The van der Waals surface area contributed by atoms with Gasteiger partial charge >= 0.3 is 0 Å². The lowest BCUT2D eigenvalue weighted by Crippen LogP contribution is -2.13. The zero-order valence-corrected chi connectivity index (χ0v) is 21.7. The molecule has 4 aromatic rings. The molecule has 0 aliphatic heterocycles. The SMILES string of the molecule is COc1cccc(Cl)c1NC(=O)c1cc2ccccc2c(N=Nc2c(C)ccc(S(=O)(=O)O)c2Cl)c1O. The fraction of sp³-hybridized carbons (Fsp3) is 0.0800. The third-order valence-electron chi connectivity index (χ3n) is 5.48. The molecule has 37 heavy (non-hydrogen) atoms. The number of rotatable bonds is 6. The molecule has 1 amide bonds. The molecule has 0 saturated heterocycles. The summed E-state index contributed by atoms with van der Waals surface area (Å²) in [5.74, 6) is -0.843. The Bertz CT molecular complexity index is 1690. The van der Waals surface area contributed by atoms with Crippen LogP contribution in [0.15, 0.2) is 75.8 Å². The van der Waals surface area contributed by atoms with E-state index in [1.165, 1.54) is 19.2 Å². The van der Waals surface area contributed by atoms with Crippen LogP contribution in [-0.4, -0.2) is 31.1 Å². The Morgan fingerprint density at radius 3 is 2.41 bits per heavy atom. The zero-order valence-electron chi connectivity index (χ0n) is 19.4. The molecule has 4 rings (SSSR count). The summed E-state index contributed by atoms with van der Waals surface area (Å²) in [7, 11) is -3.18. The quantitative estimate of drug-likeness (QED) is 0.170. The molecule has 0 spiro atoms. The van der Waals surface area contributed by atoms with Crippen LogP contribution in [0.1, 0.15) is 15.9 Å². The summed E-state index contributed by atoms with van der Waals surface area (Å²) < 4.78 is 38.0. The molecular formula is C25H19Cl2N3O6S. The molecule has 0 aliphatic rings. The van der Waals surface area contributed by atoms with E-state index in [2.05, 4.69) is 15.5 Å². The minimum absolute atomic E-state index is 0.0315. The summed E-state index contributed by atoms with van der Waals surface area (Å²) in [6, 6.07) is 15.7. The molecule has 9 nitrogen and oxygen atoms in total. The first-order chi connectivity index (χ1) is 17.5. The molecule has 190 valence electrons. The lowest BCUT2D eigenvalue weighted by atomic mass is 10.0. The molecule has 0 bridgehead atoms. The zero-order chi connectivity index (χ0) is 26.9. The van der Waals surface area contributed by atoms with E-state index in [1.54, 1.807) is 49.4 Å². The number of aromatic hydroxyl groups is 1. The molecule has 3 N–H and O–H groups in total. The maximum absolute atomic E-state index is 13.2. The number of halogens is 2. The van der Waals surface area contributed by atoms with Gasteiger partial charge in [0.2, 0.25) is 0 Å². The third-order valence-corrected chi connectivity index (χ3v) is 7.19. The van der Waals surface area contributed by atoms with E-state index in [0.29, 0.717) is 22.1 Å². The number of fused-ring (bicyclic) bond motifs is 1. The number of carbonyl (C=O) groups is 1. The predicted molar refractivity (Wildman–Crippen MR) is 142 cm³/mol. The van der Waals surface area contributed by atoms with Gasteiger partial charge in [-0.1, -0.05) is 59.6 Å². The van der Waals surface area contributed by atoms with Crippen molar-refractivity contribution in [2.24, 2.45) is 10.2 Å². The number of nitrogens with one attached hydrogen (secondary N) is 1. The van der Waals surface area contributed by atoms with Crippen LogP contribution < -0.4 is 10.1 Å². The Balaban J connectivity index is 1.85. The Morgan fingerprint density at radius 1 is 1.00 bits per heavy atom. The molecule has 0 atom stereocenters. The average molecular weight is 560 g/mol. The number of methoxy groups -OCH3 is 1. The van der Waals surface area contributed by atoms with E-state index < -0.39 is 26.7 Å². The number of hydrogen-bond donors (Lipinski definition) is 3. The van der Waals surface area contributed by atoms with E-state index in [0.717, 1.165) is 6.07 Å². The van der Waals surface area contributed by atoms with Gasteiger partial charge in [0.1, 0.15) is 27.7 Å². The van der Waals surface area contributed by atoms with E-state index in [9.17, 15) is 22.9 Å². The van der Waals surface area contributed by atoms with Gasteiger partial charge in [-0.2, -0.15) is 8.42 Å². The lowest BCUT2D eigenvalue weighted by Gasteiger charge is -2.14. The van der Waals surface area contributed by atoms with Crippen LogP contribution in [0.5, 0.6) is 11.5 Å². The molecule has 0 unspecified atom stereocenters. The molecule has 0 fully saturated rings. The molecular weight excluding hydrogens is 541 g/mol. The number of ether oxygens (including phenoxy) is 1. The summed E-state index contributed by atoms with van der Waals surface area (Å²) in [5, 5.41) is 22.9. The molecule has 12 heteroatoms. The van der Waals surface area contributed by atoms with Crippen LogP contribution in [0.4, 0.5) is 17.1 Å². The monoisotopic (exact) mass is 559 g/mol. The predicted octanol–water partition coefficient (Wildman–Crippen LogP) is 7.08. The second-order valence-corrected chi connectivity index (χ2v) is 10.0. The Morgan fingerprint density at radius 2 is 1.70 bits per heavy atom. The average Bonchev–Trinajstić information content (AvgIpc) is 2.85. The first-order valence-electron chi connectivity index (χ1n) is 10.6. The minimum Gasteiger partial charge on any atom is -0.505 e. The Hall–Kier alpha value is -3.70. The van der Waals surface area contributed by atoms with Crippen molar-refractivity contribution in [3.8, 4) is 11.5 Å². The standard InChI is InChI=1S/C25H19Cl2N3O6S/c1-13-10-11-19(37(33,34)35)20(27)21(13)29-30-22-15-7-4-3-6-14(15)12-16(24(22)31)25(32)28-23-17(26)8-5-9-18(23)36-2/h3-12,31H,1-2H3,(H,28,32)(H,33,34,35). The van der Waals surface area contributed by atoms with Crippen molar-refractivity contribution in [2.45, 2.75) is 11.8 Å².